The lowest BCUT2D eigenvalue weighted by Gasteiger charge is -2.09. The Morgan fingerprint density at radius 3 is 2.60 bits per heavy atom. The molecule has 0 saturated carbocycles. The second kappa shape index (κ2) is 5.49. The van der Waals surface area contributed by atoms with Gasteiger partial charge in [-0.05, 0) is 66.6 Å². The summed E-state index contributed by atoms with van der Waals surface area (Å²) in [4.78, 5) is 6.54. The molecular formula is C12H17IN2. The Hall–Kier alpha value is -0.580. The molecule has 1 aromatic carbocycles. The first kappa shape index (κ1) is 12.5. The molecule has 0 amide bonds. The number of aryl methyl sites for hydroxylation is 2. The van der Waals surface area contributed by atoms with E-state index in [1.807, 2.05) is 13.4 Å². The van der Waals surface area contributed by atoms with Crippen LogP contribution >= 0.6 is 22.6 Å². The van der Waals surface area contributed by atoms with Crippen LogP contribution in [0.2, 0.25) is 0 Å². The van der Waals surface area contributed by atoms with Crippen LogP contribution < -0.4 is 0 Å². The molecule has 82 valence electrons. The molecule has 0 heterocycles. The van der Waals surface area contributed by atoms with E-state index < -0.39 is 0 Å². The largest absolute Gasteiger partial charge is 0.366 e. The van der Waals surface area contributed by atoms with E-state index in [1.54, 1.807) is 0 Å². The van der Waals surface area contributed by atoms with E-state index >= 15 is 0 Å². The zero-order valence-corrected chi connectivity index (χ0v) is 11.9. The fourth-order valence-electron chi connectivity index (χ4n) is 1.15. The van der Waals surface area contributed by atoms with E-state index in [0.717, 1.165) is 12.2 Å². The molecule has 3 heteroatoms. The number of hydrogen-bond acceptors (Lipinski definition) is 1. The number of rotatable bonds is 3. The van der Waals surface area contributed by atoms with Gasteiger partial charge in [0.1, 0.15) is 0 Å². The highest BCUT2D eigenvalue weighted by molar-refractivity contribution is 14.1. The summed E-state index contributed by atoms with van der Waals surface area (Å²) in [5.74, 6) is 0. The average molecular weight is 316 g/mol. The summed E-state index contributed by atoms with van der Waals surface area (Å²) >= 11 is 2.35. The Bertz CT molecular complexity index is 372. The highest BCUT2D eigenvalue weighted by Crippen LogP contribution is 2.23. The molecule has 0 bridgehead atoms. The molecule has 15 heavy (non-hydrogen) atoms. The standard InChI is InChI=1S/C12H17IN2/c1-5-15(4)8-14-12-7-9(2)11(13)6-10(12)3/h6-8H,5H2,1-4H3/b14-8+. The van der Waals surface area contributed by atoms with Crippen LogP contribution in [-0.4, -0.2) is 24.8 Å². The van der Waals surface area contributed by atoms with Gasteiger partial charge in [-0.1, -0.05) is 0 Å². The first-order valence-electron chi connectivity index (χ1n) is 5.05. The van der Waals surface area contributed by atoms with Crippen molar-refractivity contribution in [1.82, 2.24) is 4.90 Å². The molecule has 2 nitrogen and oxygen atoms in total. The van der Waals surface area contributed by atoms with Crippen LogP contribution in [0.4, 0.5) is 5.69 Å². The van der Waals surface area contributed by atoms with Gasteiger partial charge < -0.3 is 4.90 Å². The molecular weight excluding hydrogens is 299 g/mol. The smallest absolute Gasteiger partial charge is 0.0909 e. The molecule has 1 aromatic rings. The summed E-state index contributed by atoms with van der Waals surface area (Å²) < 4.78 is 1.30. The molecule has 0 radical (unpaired) electrons. The van der Waals surface area contributed by atoms with Gasteiger partial charge in [0, 0.05) is 17.2 Å². The van der Waals surface area contributed by atoms with Gasteiger partial charge in [-0.15, -0.1) is 0 Å². The van der Waals surface area contributed by atoms with Gasteiger partial charge in [0.2, 0.25) is 0 Å². The molecule has 0 atom stereocenters. The zero-order valence-electron chi connectivity index (χ0n) is 9.71. The van der Waals surface area contributed by atoms with Gasteiger partial charge in [-0.2, -0.15) is 0 Å². The minimum Gasteiger partial charge on any atom is -0.366 e. The van der Waals surface area contributed by atoms with Gasteiger partial charge >= 0.3 is 0 Å². The first-order chi connectivity index (χ1) is 7.04. The van der Waals surface area contributed by atoms with Crippen molar-refractivity contribution in [2.75, 3.05) is 13.6 Å². The monoisotopic (exact) mass is 316 g/mol. The van der Waals surface area contributed by atoms with E-state index in [9.17, 15) is 0 Å². The van der Waals surface area contributed by atoms with Crippen LogP contribution in [0.5, 0.6) is 0 Å². The predicted molar refractivity (Wildman–Crippen MR) is 75.1 cm³/mol. The van der Waals surface area contributed by atoms with Crippen molar-refractivity contribution in [1.29, 1.82) is 0 Å². The third kappa shape index (κ3) is 3.48. The Morgan fingerprint density at radius 1 is 1.33 bits per heavy atom. The zero-order chi connectivity index (χ0) is 11.4. The lowest BCUT2D eigenvalue weighted by atomic mass is 10.1. The lowest BCUT2D eigenvalue weighted by Crippen LogP contribution is -2.14. The summed E-state index contributed by atoms with van der Waals surface area (Å²) in [5, 5.41) is 0. The third-order valence-electron chi connectivity index (χ3n) is 2.37. The SMILES string of the molecule is CCN(C)/C=N/c1cc(C)c(I)cc1C. The second-order valence-electron chi connectivity index (χ2n) is 3.71. The summed E-state index contributed by atoms with van der Waals surface area (Å²) in [6, 6.07) is 4.31. The van der Waals surface area contributed by atoms with Crippen LogP contribution in [0.1, 0.15) is 18.1 Å². The van der Waals surface area contributed by atoms with Crippen LogP contribution in [0.25, 0.3) is 0 Å². The normalized spacial score (nSPS) is 11.0. The molecule has 0 aliphatic carbocycles. The molecule has 0 unspecified atom stereocenters. The van der Waals surface area contributed by atoms with E-state index in [4.69, 9.17) is 0 Å². The van der Waals surface area contributed by atoms with Crippen molar-refractivity contribution in [2.24, 2.45) is 4.99 Å². The maximum Gasteiger partial charge on any atom is 0.0909 e. The summed E-state index contributed by atoms with van der Waals surface area (Å²) in [6.07, 6.45) is 1.88. The lowest BCUT2D eigenvalue weighted by molar-refractivity contribution is 0.552. The Morgan fingerprint density at radius 2 is 2.00 bits per heavy atom. The number of nitrogens with zero attached hydrogens (tertiary/aromatic N) is 2. The van der Waals surface area contributed by atoms with Gasteiger partial charge in [-0.25, -0.2) is 4.99 Å². The van der Waals surface area contributed by atoms with Crippen molar-refractivity contribution >= 4 is 34.6 Å². The van der Waals surface area contributed by atoms with Gasteiger partial charge in [0.05, 0.1) is 12.0 Å². The van der Waals surface area contributed by atoms with Crippen molar-refractivity contribution in [2.45, 2.75) is 20.8 Å². The van der Waals surface area contributed by atoms with Crippen molar-refractivity contribution in [3.05, 3.63) is 26.8 Å². The number of aliphatic imine (C=N–C) groups is 1. The van der Waals surface area contributed by atoms with Crippen LogP contribution in [0, 0.1) is 17.4 Å². The molecule has 0 fully saturated rings. The molecule has 0 saturated heterocycles. The summed E-state index contributed by atoms with van der Waals surface area (Å²) in [7, 11) is 2.03. The number of halogens is 1. The van der Waals surface area contributed by atoms with Gasteiger partial charge in [0.15, 0.2) is 0 Å². The Balaban J connectivity index is 2.95. The molecule has 0 N–H and O–H groups in total. The van der Waals surface area contributed by atoms with Gasteiger partial charge in [-0.3, -0.25) is 0 Å². The molecule has 0 aromatic heterocycles. The van der Waals surface area contributed by atoms with Crippen molar-refractivity contribution in [3.8, 4) is 0 Å². The van der Waals surface area contributed by atoms with E-state index in [-0.39, 0.29) is 0 Å². The first-order valence-corrected chi connectivity index (χ1v) is 6.13. The minimum atomic E-state index is 0.978. The Labute approximate surface area is 106 Å². The van der Waals surface area contributed by atoms with Crippen molar-refractivity contribution in [3.63, 3.8) is 0 Å². The van der Waals surface area contributed by atoms with Crippen LogP contribution in [0.3, 0.4) is 0 Å². The maximum atomic E-state index is 4.48. The van der Waals surface area contributed by atoms with E-state index in [2.05, 4.69) is 65.4 Å². The number of benzene rings is 1. The van der Waals surface area contributed by atoms with E-state index in [1.165, 1.54) is 14.7 Å². The predicted octanol–water partition coefficient (Wildman–Crippen LogP) is 3.52. The fraction of sp³-hybridized carbons (Fsp3) is 0.417. The highest BCUT2D eigenvalue weighted by atomic mass is 127. The minimum absolute atomic E-state index is 0.978. The molecule has 0 spiro atoms. The quantitative estimate of drug-likeness (QED) is 0.473. The van der Waals surface area contributed by atoms with Crippen LogP contribution in [-0.2, 0) is 0 Å². The summed E-state index contributed by atoms with van der Waals surface area (Å²) in [5.41, 5.74) is 3.58. The van der Waals surface area contributed by atoms with Crippen LogP contribution in [0.15, 0.2) is 17.1 Å². The average Bonchev–Trinajstić information content (AvgIpc) is 2.21. The fourth-order valence-corrected chi connectivity index (χ4v) is 1.77. The summed E-state index contributed by atoms with van der Waals surface area (Å²) in [6.45, 7) is 7.30. The van der Waals surface area contributed by atoms with Gasteiger partial charge in [0.25, 0.3) is 0 Å². The Kier molecular flexibility index (Phi) is 4.57. The molecule has 1 rings (SSSR count). The molecule has 0 aliphatic rings. The van der Waals surface area contributed by atoms with E-state index in [0.29, 0.717) is 0 Å². The topological polar surface area (TPSA) is 15.6 Å². The highest BCUT2D eigenvalue weighted by Gasteiger charge is 2.00. The molecule has 0 aliphatic heterocycles. The second-order valence-corrected chi connectivity index (χ2v) is 4.87. The third-order valence-corrected chi connectivity index (χ3v) is 3.53. The van der Waals surface area contributed by atoms with Crippen molar-refractivity contribution < 1.29 is 0 Å². The maximum absolute atomic E-state index is 4.48. The number of hydrogen-bond donors (Lipinski definition) is 0.